The summed E-state index contributed by atoms with van der Waals surface area (Å²) in [6.45, 7) is 0. The number of aldehydes is 1. The van der Waals surface area contributed by atoms with Gasteiger partial charge in [0, 0.05) is 17.3 Å². The Labute approximate surface area is 117 Å². The topological polar surface area (TPSA) is 30.0 Å². The molecule has 0 aliphatic heterocycles. The van der Waals surface area contributed by atoms with Crippen molar-refractivity contribution in [3.63, 3.8) is 0 Å². The summed E-state index contributed by atoms with van der Waals surface area (Å²) in [5.74, 6) is -0.769. The van der Waals surface area contributed by atoms with E-state index in [9.17, 15) is 9.18 Å². The van der Waals surface area contributed by atoms with Crippen LogP contribution in [0.25, 0.3) is 11.1 Å². The lowest BCUT2D eigenvalue weighted by Gasteiger charge is -2.08. The van der Waals surface area contributed by atoms with Gasteiger partial charge in [0.2, 0.25) is 5.95 Å². The lowest BCUT2D eigenvalue weighted by molar-refractivity contribution is 0.112. The molecular formula is C12H5Cl3FNO. The molecule has 0 saturated heterocycles. The summed E-state index contributed by atoms with van der Waals surface area (Å²) in [7, 11) is 0. The van der Waals surface area contributed by atoms with E-state index >= 15 is 0 Å². The molecule has 1 aromatic carbocycles. The van der Waals surface area contributed by atoms with Crippen LogP contribution in [0.2, 0.25) is 15.1 Å². The molecule has 0 aliphatic rings. The van der Waals surface area contributed by atoms with E-state index in [1.54, 1.807) is 0 Å². The Bertz CT molecular complexity index is 608. The van der Waals surface area contributed by atoms with Crippen molar-refractivity contribution >= 4 is 41.1 Å². The van der Waals surface area contributed by atoms with E-state index in [2.05, 4.69) is 4.98 Å². The van der Waals surface area contributed by atoms with Gasteiger partial charge in [-0.25, -0.2) is 4.98 Å². The van der Waals surface area contributed by atoms with Crippen molar-refractivity contribution in [2.24, 2.45) is 0 Å². The number of nitrogens with zero attached hydrogens (tertiary/aromatic N) is 1. The average Bonchev–Trinajstić information content (AvgIpc) is 2.35. The zero-order valence-electron chi connectivity index (χ0n) is 8.75. The van der Waals surface area contributed by atoms with Gasteiger partial charge in [-0.2, -0.15) is 4.39 Å². The highest BCUT2D eigenvalue weighted by Crippen LogP contribution is 2.36. The van der Waals surface area contributed by atoms with E-state index in [4.69, 9.17) is 34.8 Å². The Hall–Kier alpha value is -1.16. The first-order valence-corrected chi connectivity index (χ1v) is 5.92. The summed E-state index contributed by atoms with van der Waals surface area (Å²) in [4.78, 5) is 14.4. The maximum absolute atomic E-state index is 13.7. The SMILES string of the molecule is O=Cc1ccnc(F)c1-c1cc(Cl)c(Cl)c(Cl)c1. The highest BCUT2D eigenvalue weighted by molar-refractivity contribution is 6.48. The number of hydrogen-bond donors (Lipinski definition) is 0. The van der Waals surface area contributed by atoms with Crippen molar-refractivity contribution in [1.29, 1.82) is 0 Å². The van der Waals surface area contributed by atoms with Crippen LogP contribution in [0.4, 0.5) is 4.39 Å². The number of pyridine rings is 1. The molecule has 0 amide bonds. The summed E-state index contributed by atoms with van der Waals surface area (Å²) in [5, 5.41) is 0.539. The van der Waals surface area contributed by atoms with Gasteiger partial charge in [-0.3, -0.25) is 4.79 Å². The lowest BCUT2D eigenvalue weighted by Crippen LogP contribution is -1.95. The van der Waals surface area contributed by atoms with E-state index in [0.717, 1.165) is 0 Å². The third-order valence-corrected chi connectivity index (χ3v) is 3.53. The lowest BCUT2D eigenvalue weighted by atomic mass is 10.0. The van der Waals surface area contributed by atoms with Gasteiger partial charge in [-0.05, 0) is 23.8 Å². The Balaban J connectivity index is 2.73. The van der Waals surface area contributed by atoms with Gasteiger partial charge in [0.25, 0.3) is 0 Å². The maximum atomic E-state index is 13.7. The van der Waals surface area contributed by atoms with Crippen LogP contribution in [0.3, 0.4) is 0 Å². The molecule has 0 unspecified atom stereocenters. The Morgan fingerprint density at radius 2 is 1.78 bits per heavy atom. The maximum Gasteiger partial charge on any atom is 0.221 e. The number of halogens is 4. The van der Waals surface area contributed by atoms with Crippen molar-refractivity contribution in [2.45, 2.75) is 0 Å². The molecule has 0 saturated carbocycles. The van der Waals surface area contributed by atoms with Crippen molar-refractivity contribution < 1.29 is 9.18 Å². The van der Waals surface area contributed by atoms with E-state index in [0.29, 0.717) is 11.8 Å². The van der Waals surface area contributed by atoms with Crippen molar-refractivity contribution in [3.05, 3.63) is 51.0 Å². The quantitative estimate of drug-likeness (QED) is 0.459. The van der Waals surface area contributed by atoms with Crippen LogP contribution in [0.15, 0.2) is 24.4 Å². The minimum Gasteiger partial charge on any atom is -0.298 e. The molecule has 1 heterocycles. The molecule has 2 rings (SSSR count). The molecule has 0 radical (unpaired) electrons. The predicted molar refractivity (Wildman–Crippen MR) is 70.0 cm³/mol. The van der Waals surface area contributed by atoms with Crippen LogP contribution < -0.4 is 0 Å². The Morgan fingerprint density at radius 3 is 2.33 bits per heavy atom. The largest absolute Gasteiger partial charge is 0.298 e. The van der Waals surface area contributed by atoms with Gasteiger partial charge in [0.05, 0.1) is 15.1 Å². The second-order valence-electron chi connectivity index (χ2n) is 3.44. The molecule has 1 aromatic heterocycles. The second-order valence-corrected chi connectivity index (χ2v) is 4.63. The first kappa shape index (κ1) is 13.3. The van der Waals surface area contributed by atoms with Gasteiger partial charge in [-0.15, -0.1) is 0 Å². The monoisotopic (exact) mass is 303 g/mol. The highest BCUT2D eigenvalue weighted by Gasteiger charge is 2.15. The number of hydrogen-bond acceptors (Lipinski definition) is 2. The number of aromatic nitrogens is 1. The number of benzene rings is 1. The van der Waals surface area contributed by atoms with Crippen molar-refractivity contribution in [2.75, 3.05) is 0 Å². The molecule has 0 fully saturated rings. The highest BCUT2D eigenvalue weighted by atomic mass is 35.5. The van der Waals surface area contributed by atoms with Crippen molar-refractivity contribution in [1.82, 2.24) is 4.98 Å². The van der Waals surface area contributed by atoms with Gasteiger partial charge in [0.1, 0.15) is 0 Å². The van der Waals surface area contributed by atoms with Gasteiger partial charge < -0.3 is 0 Å². The number of carbonyl (C=O) groups excluding carboxylic acids is 1. The molecule has 0 aliphatic carbocycles. The standard InChI is InChI=1S/C12H5Cl3FNO/c13-8-3-7(4-9(14)11(8)15)10-6(5-18)1-2-17-12(10)16/h1-5H. The molecule has 0 N–H and O–H groups in total. The Kier molecular flexibility index (Phi) is 3.85. The molecule has 0 atom stereocenters. The fourth-order valence-corrected chi connectivity index (χ4v) is 2.13. The molecule has 2 nitrogen and oxygen atoms in total. The van der Waals surface area contributed by atoms with E-state index in [-0.39, 0.29) is 26.2 Å². The minimum absolute atomic E-state index is 0.0490. The van der Waals surface area contributed by atoms with Gasteiger partial charge in [-0.1, -0.05) is 34.8 Å². The summed E-state index contributed by atoms with van der Waals surface area (Å²) >= 11 is 17.5. The molecular weight excluding hydrogens is 299 g/mol. The first-order chi connectivity index (χ1) is 8.54. The summed E-state index contributed by atoms with van der Waals surface area (Å²) in [6, 6.07) is 4.27. The van der Waals surface area contributed by atoms with Crippen LogP contribution in [-0.4, -0.2) is 11.3 Å². The summed E-state index contributed by atoms with van der Waals surface area (Å²) in [6.07, 6.45) is 1.75. The minimum atomic E-state index is -0.769. The van der Waals surface area contributed by atoms with E-state index in [1.165, 1.54) is 24.4 Å². The predicted octanol–water partition coefficient (Wildman–Crippen LogP) is 4.66. The number of carbonyl (C=O) groups is 1. The summed E-state index contributed by atoms with van der Waals surface area (Å²) in [5.41, 5.74) is 0.562. The second kappa shape index (κ2) is 5.22. The third kappa shape index (κ3) is 2.34. The fraction of sp³-hybridized carbons (Fsp3) is 0. The van der Waals surface area contributed by atoms with Gasteiger partial charge in [0.15, 0.2) is 6.29 Å². The normalized spacial score (nSPS) is 10.4. The average molecular weight is 305 g/mol. The third-order valence-electron chi connectivity index (χ3n) is 2.34. The zero-order chi connectivity index (χ0) is 13.3. The molecule has 0 spiro atoms. The molecule has 2 aromatic rings. The fourth-order valence-electron chi connectivity index (χ4n) is 1.53. The van der Waals surface area contributed by atoms with Crippen molar-refractivity contribution in [3.8, 4) is 11.1 Å². The van der Waals surface area contributed by atoms with Gasteiger partial charge >= 0.3 is 0 Å². The number of rotatable bonds is 2. The first-order valence-electron chi connectivity index (χ1n) is 4.79. The molecule has 6 heteroatoms. The molecule has 92 valence electrons. The van der Waals surface area contributed by atoms with Crippen LogP contribution in [0, 0.1) is 5.95 Å². The van der Waals surface area contributed by atoms with Crippen LogP contribution in [0.5, 0.6) is 0 Å². The van der Waals surface area contributed by atoms with Crippen LogP contribution >= 0.6 is 34.8 Å². The Morgan fingerprint density at radius 1 is 1.17 bits per heavy atom. The van der Waals surface area contributed by atoms with Crippen LogP contribution in [0.1, 0.15) is 10.4 Å². The zero-order valence-corrected chi connectivity index (χ0v) is 11.0. The van der Waals surface area contributed by atoms with E-state index < -0.39 is 5.95 Å². The van der Waals surface area contributed by atoms with Crippen LogP contribution in [-0.2, 0) is 0 Å². The summed E-state index contributed by atoms with van der Waals surface area (Å²) < 4.78 is 13.7. The molecule has 0 bridgehead atoms. The molecule has 18 heavy (non-hydrogen) atoms. The smallest absolute Gasteiger partial charge is 0.221 e. The van der Waals surface area contributed by atoms with E-state index in [1.807, 2.05) is 0 Å².